The minimum Gasteiger partial charge on any atom is -0.353 e. The molecule has 2 N–H and O–H groups in total. The zero-order valence-electron chi connectivity index (χ0n) is 13.3. The molecule has 1 fully saturated rings. The molecule has 2 aromatic rings. The maximum atomic E-state index is 13.3. The summed E-state index contributed by atoms with van der Waals surface area (Å²) in [4.78, 5) is 23.4. The SMILES string of the molecule is O=c1[nH]c(-c2ccnc(F)c2)nc(N2CCNC[C@H](C(F)(F)F)C2)c1Cl. The number of anilines is 1. The van der Waals surface area contributed by atoms with Crippen molar-refractivity contribution >= 4 is 17.4 Å². The third-order valence-electron chi connectivity index (χ3n) is 4.00. The summed E-state index contributed by atoms with van der Waals surface area (Å²) in [6, 6.07) is 2.47. The van der Waals surface area contributed by atoms with Crippen LogP contribution in [0.25, 0.3) is 11.4 Å². The Kier molecular flexibility index (Phi) is 5.15. The molecule has 0 aromatic carbocycles. The first-order chi connectivity index (χ1) is 12.3. The van der Waals surface area contributed by atoms with Crippen LogP contribution in [0.4, 0.5) is 23.4 Å². The van der Waals surface area contributed by atoms with Gasteiger partial charge in [0.1, 0.15) is 10.8 Å². The highest BCUT2D eigenvalue weighted by Crippen LogP contribution is 2.30. The number of rotatable bonds is 2. The van der Waals surface area contributed by atoms with Crippen LogP contribution in [0.3, 0.4) is 0 Å². The van der Waals surface area contributed by atoms with E-state index < -0.39 is 30.1 Å². The van der Waals surface area contributed by atoms with Gasteiger partial charge in [-0.05, 0) is 6.07 Å². The number of aromatic amines is 1. The first-order valence-electron chi connectivity index (χ1n) is 7.70. The van der Waals surface area contributed by atoms with Crippen LogP contribution in [0, 0.1) is 11.9 Å². The minimum absolute atomic E-state index is 0.00327. The summed E-state index contributed by atoms with van der Waals surface area (Å²) in [6.45, 7) is -0.163. The molecular weight excluding hydrogens is 378 g/mol. The monoisotopic (exact) mass is 391 g/mol. The van der Waals surface area contributed by atoms with Crippen molar-refractivity contribution in [1.29, 1.82) is 0 Å². The molecule has 26 heavy (non-hydrogen) atoms. The molecule has 0 radical (unpaired) electrons. The molecule has 11 heteroatoms. The van der Waals surface area contributed by atoms with Gasteiger partial charge in [0.25, 0.3) is 5.56 Å². The second kappa shape index (κ2) is 7.20. The number of H-pyrrole nitrogens is 1. The first-order valence-corrected chi connectivity index (χ1v) is 8.07. The number of nitrogens with one attached hydrogen (secondary N) is 2. The Labute approximate surface area is 150 Å². The summed E-state index contributed by atoms with van der Waals surface area (Å²) in [5.41, 5.74) is -0.488. The molecule has 0 spiro atoms. The second-order valence-electron chi connectivity index (χ2n) is 5.81. The standard InChI is InChI=1S/C15H14ClF4N5O/c16-11-13(25-4-3-21-6-9(7-25)15(18,19)20)23-12(24-14(11)26)8-1-2-22-10(17)5-8/h1-2,5,9,21H,3-4,6-7H2,(H,23,24,26)/t9-/m0/s1. The zero-order valence-corrected chi connectivity index (χ0v) is 14.0. The summed E-state index contributed by atoms with van der Waals surface area (Å²) in [5, 5.41) is 2.40. The highest BCUT2D eigenvalue weighted by Gasteiger charge is 2.41. The maximum absolute atomic E-state index is 13.3. The summed E-state index contributed by atoms with van der Waals surface area (Å²) in [6.07, 6.45) is -3.21. The Hall–Kier alpha value is -2.20. The molecule has 3 heterocycles. The van der Waals surface area contributed by atoms with Crippen molar-refractivity contribution < 1.29 is 17.6 Å². The number of aromatic nitrogens is 3. The predicted molar refractivity (Wildman–Crippen MR) is 87.7 cm³/mol. The van der Waals surface area contributed by atoms with Gasteiger partial charge in [-0.1, -0.05) is 11.6 Å². The highest BCUT2D eigenvalue weighted by atomic mass is 35.5. The van der Waals surface area contributed by atoms with E-state index in [2.05, 4.69) is 20.3 Å². The van der Waals surface area contributed by atoms with E-state index in [9.17, 15) is 22.4 Å². The van der Waals surface area contributed by atoms with E-state index >= 15 is 0 Å². The molecule has 1 aliphatic heterocycles. The van der Waals surface area contributed by atoms with Gasteiger partial charge in [-0.2, -0.15) is 17.6 Å². The lowest BCUT2D eigenvalue weighted by Crippen LogP contribution is -2.39. The zero-order chi connectivity index (χ0) is 18.9. The lowest BCUT2D eigenvalue weighted by Gasteiger charge is -2.27. The number of nitrogens with zero attached hydrogens (tertiary/aromatic N) is 3. The predicted octanol–water partition coefficient (Wildman–Crippen LogP) is 2.21. The van der Waals surface area contributed by atoms with Crippen molar-refractivity contribution in [2.75, 3.05) is 31.1 Å². The third-order valence-corrected chi connectivity index (χ3v) is 4.34. The molecule has 1 aliphatic rings. The number of hydrogen-bond acceptors (Lipinski definition) is 5. The van der Waals surface area contributed by atoms with Gasteiger partial charge in [-0.3, -0.25) is 4.79 Å². The van der Waals surface area contributed by atoms with Gasteiger partial charge in [-0.15, -0.1) is 0 Å². The fraction of sp³-hybridized carbons (Fsp3) is 0.400. The van der Waals surface area contributed by atoms with Crippen molar-refractivity contribution in [3.63, 3.8) is 0 Å². The van der Waals surface area contributed by atoms with Crippen LogP contribution in [0.15, 0.2) is 23.1 Å². The van der Waals surface area contributed by atoms with Gasteiger partial charge in [0.15, 0.2) is 5.82 Å². The van der Waals surface area contributed by atoms with Gasteiger partial charge in [0.05, 0.1) is 5.92 Å². The van der Waals surface area contributed by atoms with Crippen molar-refractivity contribution in [2.24, 2.45) is 5.92 Å². The fourth-order valence-electron chi connectivity index (χ4n) is 2.67. The molecular formula is C15H14ClF4N5O. The Bertz CT molecular complexity index is 857. The number of hydrogen-bond donors (Lipinski definition) is 2. The van der Waals surface area contributed by atoms with Gasteiger partial charge >= 0.3 is 6.18 Å². The summed E-state index contributed by atoms with van der Waals surface area (Å²) < 4.78 is 52.8. The van der Waals surface area contributed by atoms with Crippen LogP contribution in [0.1, 0.15) is 0 Å². The summed E-state index contributed by atoms with van der Waals surface area (Å²) in [5.74, 6) is -2.49. The van der Waals surface area contributed by atoms with E-state index in [1.165, 1.54) is 17.2 Å². The molecule has 6 nitrogen and oxygen atoms in total. The Morgan fingerprint density at radius 3 is 2.81 bits per heavy atom. The lowest BCUT2D eigenvalue weighted by molar-refractivity contribution is -0.169. The Balaban J connectivity index is 2.02. The highest BCUT2D eigenvalue weighted by molar-refractivity contribution is 6.32. The summed E-state index contributed by atoms with van der Waals surface area (Å²) in [7, 11) is 0. The van der Waals surface area contributed by atoms with E-state index in [0.29, 0.717) is 0 Å². The van der Waals surface area contributed by atoms with Crippen LogP contribution in [0.2, 0.25) is 5.02 Å². The molecule has 3 rings (SSSR count). The molecule has 0 amide bonds. The molecule has 1 saturated heterocycles. The van der Waals surface area contributed by atoms with Gasteiger partial charge in [0, 0.05) is 44.0 Å². The van der Waals surface area contributed by atoms with Crippen molar-refractivity contribution in [1.82, 2.24) is 20.3 Å². The van der Waals surface area contributed by atoms with E-state index in [1.54, 1.807) is 0 Å². The molecule has 0 saturated carbocycles. The largest absolute Gasteiger partial charge is 0.394 e. The smallest absolute Gasteiger partial charge is 0.353 e. The van der Waals surface area contributed by atoms with Crippen LogP contribution in [-0.4, -0.2) is 47.3 Å². The average molecular weight is 392 g/mol. The van der Waals surface area contributed by atoms with Crippen LogP contribution in [-0.2, 0) is 0 Å². The second-order valence-corrected chi connectivity index (χ2v) is 6.19. The molecule has 0 bridgehead atoms. The molecule has 2 aromatic heterocycles. The fourth-order valence-corrected chi connectivity index (χ4v) is 2.88. The van der Waals surface area contributed by atoms with E-state index in [1.807, 2.05) is 0 Å². The summed E-state index contributed by atoms with van der Waals surface area (Å²) >= 11 is 6.00. The molecule has 140 valence electrons. The number of pyridine rings is 1. The van der Waals surface area contributed by atoms with Gasteiger partial charge in [0.2, 0.25) is 5.95 Å². The number of halogens is 5. The molecule has 0 unspecified atom stereocenters. The van der Waals surface area contributed by atoms with Crippen LogP contribution >= 0.6 is 11.6 Å². The van der Waals surface area contributed by atoms with Crippen molar-refractivity contribution in [2.45, 2.75) is 6.18 Å². The topological polar surface area (TPSA) is 73.9 Å². The quantitative estimate of drug-likeness (QED) is 0.606. The third kappa shape index (κ3) is 3.96. The minimum atomic E-state index is -4.40. The van der Waals surface area contributed by atoms with E-state index in [0.717, 1.165) is 6.07 Å². The number of alkyl halides is 3. The molecule has 0 aliphatic carbocycles. The van der Waals surface area contributed by atoms with Gasteiger partial charge in [-0.25, -0.2) is 9.97 Å². The normalized spacial score (nSPS) is 18.7. The van der Waals surface area contributed by atoms with Crippen molar-refractivity contribution in [3.8, 4) is 11.4 Å². The average Bonchev–Trinajstić information content (AvgIpc) is 2.83. The Morgan fingerprint density at radius 2 is 2.12 bits per heavy atom. The van der Waals surface area contributed by atoms with E-state index in [4.69, 9.17) is 11.6 Å². The van der Waals surface area contributed by atoms with Crippen molar-refractivity contribution in [3.05, 3.63) is 39.7 Å². The maximum Gasteiger partial charge on any atom is 0.394 e. The first kappa shape index (κ1) is 18.6. The van der Waals surface area contributed by atoms with Gasteiger partial charge < -0.3 is 15.2 Å². The van der Waals surface area contributed by atoms with Crippen LogP contribution in [0.5, 0.6) is 0 Å². The Morgan fingerprint density at radius 1 is 1.35 bits per heavy atom. The lowest BCUT2D eigenvalue weighted by atomic mass is 10.1. The molecule has 1 atom stereocenters. The van der Waals surface area contributed by atoms with Crippen LogP contribution < -0.4 is 15.8 Å². The van der Waals surface area contributed by atoms with E-state index in [-0.39, 0.29) is 41.9 Å².